The molecule has 17 heavy (non-hydrogen) atoms. The van der Waals surface area contributed by atoms with Crippen molar-refractivity contribution in [3.8, 4) is 17.0 Å². The van der Waals surface area contributed by atoms with E-state index in [2.05, 4.69) is 4.98 Å². The van der Waals surface area contributed by atoms with Gasteiger partial charge in [0.25, 0.3) is 5.92 Å². The maximum Gasteiger partial charge on any atom is 0.270 e. The Morgan fingerprint density at radius 3 is 2.29 bits per heavy atom. The largest absolute Gasteiger partial charge is 0.506 e. The highest BCUT2D eigenvalue weighted by molar-refractivity contribution is 5.65. The highest BCUT2D eigenvalue weighted by Crippen LogP contribution is 2.30. The number of benzene rings is 1. The summed E-state index contributed by atoms with van der Waals surface area (Å²) in [6.07, 6.45) is 1.54. The van der Waals surface area contributed by atoms with Crippen LogP contribution in [-0.4, -0.2) is 10.1 Å². The van der Waals surface area contributed by atoms with Gasteiger partial charge in [0.05, 0.1) is 0 Å². The average Bonchev–Trinajstić information content (AvgIpc) is 2.29. The summed E-state index contributed by atoms with van der Waals surface area (Å²) in [5.41, 5.74) is 0.936. The lowest BCUT2D eigenvalue weighted by Crippen LogP contribution is -2.06. The van der Waals surface area contributed by atoms with Crippen LogP contribution in [-0.2, 0) is 5.92 Å². The van der Waals surface area contributed by atoms with Gasteiger partial charge in [-0.15, -0.1) is 0 Å². The first-order valence-electron chi connectivity index (χ1n) is 5.11. The van der Waals surface area contributed by atoms with Crippen LogP contribution in [0.4, 0.5) is 8.78 Å². The summed E-state index contributed by atoms with van der Waals surface area (Å²) in [7, 11) is 0. The Balaban J connectivity index is 2.40. The molecule has 1 N–H and O–H groups in total. The molecule has 0 saturated carbocycles. The normalized spacial score (nSPS) is 11.5. The highest BCUT2D eigenvalue weighted by atomic mass is 19.3. The molecule has 1 heterocycles. The number of hydrogen-bond acceptors (Lipinski definition) is 2. The zero-order valence-corrected chi connectivity index (χ0v) is 9.19. The Morgan fingerprint density at radius 2 is 1.76 bits per heavy atom. The number of hydrogen-bond donors (Lipinski definition) is 1. The van der Waals surface area contributed by atoms with Crippen molar-refractivity contribution in [1.29, 1.82) is 0 Å². The lowest BCUT2D eigenvalue weighted by molar-refractivity contribution is 0.0175. The predicted octanol–water partition coefficient (Wildman–Crippen LogP) is 3.57. The zero-order valence-electron chi connectivity index (χ0n) is 9.19. The second-order valence-electron chi connectivity index (χ2n) is 3.84. The van der Waals surface area contributed by atoms with Crippen molar-refractivity contribution >= 4 is 0 Å². The topological polar surface area (TPSA) is 33.1 Å². The van der Waals surface area contributed by atoms with Gasteiger partial charge < -0.3 is 5.11 Å². The van der Waals surface area contributed by atoms with E-state index in [1.165, 1.54) is 36.5 Å². The van der Waals surface area contributed by atoms with Crippen molar-refractivity contribution in [2.75, 3.05) is 0 Å². The molecule has 88 valence electrons. The van der Waals surface area contributed by atoms with Crippen LogP contribution in [0.5, 0.6) is 5.75 Å². The minimum Gasteiger partial charge on any atom is -0.506 e. The quantitative estimate of drug-likeness (QED) is 0.863. The Labute approximate surface area is 97.6 Å². The van der Waals surface area contributed by atoms with Crippen LogP contribution in [0.15, 0.2) is 42.6 Å². The van der Waals surface area contributed by atoms with Crippen molar-refractivity contribution in [2.24, 2.45) is 0 Å². The van der Waals surface area contributed by atoms with Gasteiger partial charge in [0, 0.05) is 24.2 Å². The average molecular weight is 235 g/mol. The first-order valence-corrected chi connectivity index (χ1v) is 5.11. The van der Waals surface area contributed by atoms with Crippen LogP contribution < -0.4 is 0 Å². The summed E-state index contributed by atoms with van der Waals surface area (Å²) in [5, 5.41) is 9.58. The molecule has 2 rings (SSSR count). The molecule has 0 aliphatic heterocycles. The van der Waals surface area contributed by atoms with Crippen molar-refractivity contribution < 1.29 is 13.9 Å². The van der Waals surface area contributed by atoms with Gasteiger partial charge in [-0.3, -0.25) is 4.98 Å². The second-order valence-corrected chi connectivity index (χ2v) is 3.84. The SMILES string of the molecule is CC(F)(F)c1ccc(-c2ncccc2O)cc1. The molecule has 2 aromatic rings. The van der Waals surface area contributed by atoms with Crippen LogP contribution in [0.1, 0.15) is 12.5 Å². The lowest BCUT2D eigenvalue weighted by atomic mass is 10.0. The first-order chi connectivity index (χ1) is 7.98. The van der Waals surface area contributed by atoms with Crippen LogP contribution in [0.2, 0.25) is 0 Å². The lowest BCUT2D eigenvalue weighted by Gasteiger charge is -2.11. The number of pyridine rings is 1. The van der Waals surface area contributed by atoms with Gasteiger partial charge in [0.2, 0.25) is 0 Å². The zero-order chi connectivity index (χ0) is 12.5. The predicted molar refractivity (Wildman–Crippen MR) is 60.9 cm³/mol. The van der Waals surface area contributed by atoms with E-state index in [1.807, 2.05) is 0 Å². The molecule has 0 saturated heterocycles. The maximum absolute atomic E-state index is 13.0. The Hall–Kier alpha value is -1.97. The summed E-state index contributed by atoms with van der Waals surface area (Å²) in [4.78, 5) is 4.00. The molecule has 1 aromatic heterocycles. The van der Waals surface area contributed by atoms with Crippen molar-refractivity contribution in [2.45, 2.75) is 12.8 Å². The first kappa shape index (κ1) is 11.5. The summed E-state index contributed by atoms with van der Waals surface area (Å²) >= 11 is 0. The molecule has 0 amide bonds. The summed E-state index contributed by atoms with van der Waals surface area (Å²) < 4.78 is 26.0. The van der Waals surface area contributed by atoms with E-state index in [0.717, 1.165) is 6.92 Å². The van der Waals surface area contributed by atoms with Gasteiger partial charge in [-0.05, 0) is 12.1 Å². The molecule has 0 unspecified atom stereocenters. The van der Waals surface area contributed by atoms with E-state index in [4.69, 9.17) is 0 Å². The van der Waals surface area contributed by atoms with Gasteiger partial charge >= 0.3 is 0 Å². The molecular weight excluding hydrogens is 224 g/mol. The number of aromatic hydroxyl groups is 1. The van der Waals surface area contributed by atoms with Gasteiger partial charge in [-0.1, -0.05) is 24.3 Å². The molecule has 4 heteroatoms. The molecule has 0 fully saturated rings. The smallest absolute Gasteiger partial charge is 0.270 e. The molecule has 0 atom stereocenters. The molecular formula is C13H11F2NO. The molecule has 2 nitrogen and oxygen atoms in total. The Morgan fingerprint density at radius 1 is 1.12 bits per heavy atom. The fourth-order valence-electron chi connectivity index (χ4n) is 1.54. The van der Waals surface area contributed by atoms with Gasteiger partial charge in [0.15, 0.2) is 0 Å². The second kappa shape index (κ2) is 4.13. The number of alkyl halides is 2. The van der Waals surface area contributed by atoms with Crippen molar-refractivity contribution in [1.82, 2.24) is 4.98 Å². The Bertz CT molecular complexity index is 518. The molecule has 0 aliphatic carbocycles. The molecule has 0 bridgehead atoms. The highest BCUT2D eigenvalue weighted by Gasteiger charge is 2.23. The minimum absolute atomic E-state index is 0.0310. The third-order valence-electron chi connectivity index (χ3n) is 2.45. The van der Waals surface area contributed by atoms with E-state index >= 15 is 0 Å². The van der Waals surface area contributed by atoms with E-state index in [-0.39, 0.29) is 11.3 Å². The van der Waals surface area contributed by atoms with E-state index in [9.17, 15) is 13.9 Å². The third kappa shape index (κ3) is 2.41. The molecule has 0 aliphatic rings. The number of aromatic nitrogens is 1. The van der Waals surface area contributed by atoms with Gasteiger partial charge in [-0.2, -0.15) is 0 Å². The van der Waals surface area contributed by atoms with Crippen molar-refractivity contribution in [3.05, 3.63) is 48.2 Å². The third-order valence-corrected chi connectivity index (χ3v) is 2.45. The van der Waals surface area contributed by atoms with Gasteiger partial charge in [-0.25, -0.2) is 8.78 Å². The van der Waals surface area contributed by atoms with Crippen LogP contribution in [0.3, 0.4) is 0 Å². The van der Waals surface area contributed by atoms with E-state index in [0.29, 0.717) is 11.3 Å². The number of rotatable bonds is 2. The fourth-order valence-corrected chi connectivity index (χ4v) is 1.54. The molecule has 1 aromatic carbocycles. The van der Waals surface area contributed by atoms with Gasteiger partial charge in [0.1, 0.15) is 11.4 Å². The maximum atomic E-state index is 13.0. The van der Waals surface area contributed by atoms with Crippen LogP contribution >= 0.6 is 0 Å². The van der Waals surface area contributed by atoms with Crippen molar-refractivity contribution in [3.63, 3.8) is 0 Å². The summed E-state index contributed by atoms with van der Waals surface area (Å²) in [6.45, 7) is 0.847. The summed E-state index contributed by atoms with van der Waals surface area (Å²) in [6, 6.07) is 8.83. The minimum atomic E-state index is -2.86. The van der Waals surface area contributed by atoms with Crippen LogP contribution in [0, 0.1) is 0 Å². The molecule has 0 spiro atoms. The Kier molecular flexibility index (Phi) is 2.79. The summed E-state index contributed by atoms with van der Waals surface area (Å²) in [5.74, 6) is -2.83. The van der Waals surface area contributed by atoms with E-state index < -0.39 is 5.92 Å². The fraction of sp³-hybridized carbons (Fsp3) is 0.154. The van der Waals surface area contributed by atoms with E-state index in [1.54, 1.807) is 6.07 Å². The number of halogens is 2. The molecule has 0 radical (unpaired) electrons. The number of nitrogens with zero attached hydrogens (tertiary/aromatic N) is 1. The monoisotopic (exact) mass is 235 g/mol. The standard InChI is InChI=1S/C13H11F2NO/c1-13(14,15)10-6-4-9(5-7-10)12-11(17)3-2-8-16-12/h2-8,17H,1H3. The van der Waals surface area contributed by atoms with Crippen LogP contribution in [0.25, 0.3) is 11.3 Å².